The molecule has 0 saturated carbocycles. The lowest BCUT2D eigenvalue weighted by Gasteiger charge is -2.16. The first kappa shape index (κ1) is 24.1. The summed E-state index contributed by atoms with van der Waals surface area (Å²) in [7, 11) is 5.98. The van der Waals surface area contributed by atoms with Crippen molar-refractivity contribution < 1.29 is 9.47 Å². The Morgan fingerprint density at radius 1 is 1.26 bits per heavy atom. The van der Waals surface area contributed by atoms with Gasteiger partial charge in [-0.05, 0) is 44.5 Å². The molecule has 1 atom stereocenters. The molecule has 0 aliphatic carbocycles. The molecule has 154 valence electrons. The summed E-state index contributed by atoms with van der Waals surface area (Å²) in [5, 5.41) is 6.74. The zero-order valence-corrected chi connectivity index (χ0v) is 19.2. The number of ether oxygens (including phenoxy) is 2. The number of aliphatic imine (C=N–C) groups is 1. The van der Waals surface area contributed by atoms with Crippen molar-refractivity contribution in [3.8, 4) is 0 Å². The van der Waals surface area contributed by atoms with Gasteiger partial charge >= 0.3 is 0 Å². The molecule has 1 aliphatic rings. The zero-order chi connectivity index (χ0) is 18.6. The maximum atomic E-state index is 5.69. The molecule has 1 aromatic rings. The Bertz CT molecular complexity index is 549. The molecule has 1 fully saturated rings. The van der Waals surface area contributed by atoms with Gasteiger partial charge < -0.3 is 25.0 Å². The summed E-state index contributed by atoms with van der Waals surface area (Å²) in [6, 6.07) is 8.51. The highest BCUT2D eigenvalue weighted by atomic mass is 127. The average molecular weight is 490 g/mol. The third kappa shape index (κ3) is 9.73. The van der Waals surface area contributed by atoms with Crippen LogP contribution < -0.4 is 10.6 Å². The smallest absolute Gasteiger partial charge is 0.191 e. The molecule has 0 aromatic heterocycles. The molecule has 1 saturated heterocycles. The van der Waals surface area contributed by atoms with Crippen LogP contribution in [0.2, 0.25) is 0 Å². The van der Waals surface area contributed by atoms with Gasteiger partial charge in [-0.2, -0.15) is 0 Å². The fraction of sp³-hybridized carbons (Fsp3) is 0.650. The predicted octanol–water partition coefficient (Wildman–Crippen LogP) is 2.62. The SMILES string of the molecule is CN=C(NCCCOCC1CCCO1)NCc1ccccc1CN(C)C.I. The van der Waals surface area contributed by atoms with Gasteiger partial charge in [0, 0.05) is 39.9 Å². The van der Waals surface area contributed by atoms with Crippen molar-refractivity contribution in [2.24, 2.45) is 4.99 Å². The molecule has 0 bridgehead atoms. The van der Waals surface area contributed by atoms with Gasteiger partial charge in [-0.3, -0.25) is 4.99 Å². The van der Waals surface area contributed by atoms with Crippen LogP contribution in [0.4, 0.5) is 0 Å². The number of nitrogens with zero attached hydrogens (tertiary/aromatic N) is 2. The molecule has 1 unspecified atom stereocenters. The van der Waals surface area contributed by atoms with E-state index in [0.717, 1.165) is 64.7 Å². The molecular formula is C20H35IN4O2. The van der Waals surface area contributed by atoms with E-state index in [-0.39, 0.29) is 24.0 Å². The number of guanidine groups is 1. The second kappa shape index (κ2) is 14.1. The first-order chi connectivity index (χ1) is 12.7. The number of hydrogen-bond donors (Lipinski definition) is 2. The van der Waals surface area contributed by atoms with Crippen LogP contribution in [-0.4, -0.2) is 64.5 Å². The van der Waals surface area contributed by atoms with E-state index in [1.807, 2.05) is 0 Å². The average Bonchev–Trinajstić information content (AvgIpc) is 3.14. The molecule has 1 heterocycles. The Morgan fingerprint density at radius 3 is 2.70 bits per heavy atom. The standard InChI is InChI=1S/C20H34N4O2.HI/c1-21-20(22-11-7-12-25-16-19-10-6-13-26-19)23-14-17-8-4-5-9-18(17)15-24(2)3;/h4-5,8-9,19H,6-7,10-16H2,1-3H3,(H2,21,22,23);1H. The van der Waals surface area contributed by atoms with Gasteiger partial charge in [0.1, 0.15) is 0 Å². The van der Waals surface area contributed by atoms with Crippen molar-refractivity contribution in [3.05, 3.63) is 35.4 Å². The van der Waals surface area contributed by atoms with Gasteiger partial charge in [-0.1, -0.05) is 24.3 Å². The molecule has 2 rings (SSSR count). The molecule has 7 heteroatoms. The van der Waals surface area contributed by atoms with Gasteiger partial charge in [0.25, 0.3) is 0 Å². The maximum Gasteiger partial charge on any atom is 0.191 e. The molecule has 1 aromatic carbocycles. The number of benzene rings is 1. The minimum Gasteiger partial charge on any atom is -0.379 e. The van der Waals surface area contributed by atoms with E-state index in [9.17, 15) is 0 Å². The Kier molecular flexibility index (Phi) is 12.6. The lowest BCUT2D eigenvalue weighted by atomic mass is 10.1. The second-order valence-corrected chi connectivity index (χ2v) is 6.92. The van der Waals surface area contributed by atoms with Crippen LogP contribution >= 0.6 is 24.0 Å². The summed E-state index contributed by atoms with van der Waals surface area (Å²) in [6.07, 6.45) is 3.55. The predicted molar refractivity (Wildman–Crippen MR) is 122 cm³/mol. The van der Waals surface area contributed by atoms with E-state index >= 15 is 0 Å². The summed E-state index contributed by atoms with van der Waals surface area (Å²) >= 11 is 0. The minimum atomic E-state index is 0. The third-order valence-corrected chi connectivity index (χ3v) is 4.36. The molecule has 0 radical (unpaired) electrons. The van der Waals surface area contributed by atoms with Crippen molar-refractivity contribution in [2.45, 2.75) is 38.5 Å². The van der Waals surface area contributed by atoms with Crippen molar-refractivity contribution >= 4 is 29.9 Å². The first-order valence-electron chi connectivity index (χ1n) is 9.54. The number of rotatable bonds is 10. The summed E-state index contributed by atoms with van der Waals surface area (Å²) in [5.74, 6) is 0.823. The largest absolute Gasteiger partial charge is 0.379 e. The van der Waals surface area contributed by atoms with Crippen molar-refractivity contribution in [2.75, 3.05) is 47.5 Å². The Labute approximate surface area is 181 Å². The Morgan fingerprint density at radius 2 is 2.04 bits per heavy atom. The molecule has 27 heavy (non-hydrogen) atoms. The summed E-state index contributed by atoms with van der Waals surface area (Å²) < 4.78 is 11.2. The van der Waals surface area contributed by atoms with Crippen LogP contribution in [0, 0.1) is 0 Å². The zero-order valence-electron chi connectivity index (χ0n) is 16.9. The van der Waals surface area contributed by atoms with E-state index in [0.29, 0.717) is 6.10 Å². The fourth-order valence-electron chi connectivity index (χ4n) is 3.00. The van der Waals surface area contributed by atoms with Gasteiger partial charge in [0.15, 0.2) is 5.96 Å². The van der Waals surface area contributed by atoms with Crippen LogP contribution in [0.25, 0.3) is 0 Å². The highest BCUT2D eigenvalue weighted by Crippen LogP contribution is 2.12. The molecular weight excluding hydrogens is 455 g/mol. The fourth-order valence-corrected chi connectivity index (χ4v) is 3.00. The number of halogens is 1. The quantitative estimate of drug-likeness (QED) is 0.229. The van der Waals surface area contributed by atoms with Crippen LogP contribution in [0.5, 0.6) is 0 Å². The van der Waals surface area contributed by atoms with E-state index in [2.05, 4.69) is 58.9 Å². The number of hydrogen-bond acceptors (Lipinski definition) is 4. The van der Waals surface area contributed by atoms with Crippen molar-refractivity contribution in [3.63, 3.8) is 0 Å². The molecule has 0 amide bonds. The van der Waals surface area contributed by atoms with Gasteiger partial charge in [-0.15, -0.1) is 24.0 Å². The Balaban J connectivity index is 0.00000364. The van der Waals surface area contributed by atoms with Crippen molar-refractivity contribution in [1.29, 1.82) is 0 Å². The topological polar surface area (TPSA) is 58.1 Å². The highest BCUT2D eigenvalue weighted by molar-refractivity contribution is 14.0. The minimum absolute atomic E-state index is 0. The first-order valence-corrected chi connectivity index (χ1v) is 9.54. The van der Waals surface area contributed by atoms with Crippen LogP contribution in [-0.2, 0) is 22.6 Å². The second-order valence-electron chi connectivity index (χ2n) is 6.92. The van der Waals surface area contributed by atoms with E-state index in [1.165, 1.54) is 11.1 Å². The molecule has 6 nitrogen and oxygen atoms in total. The molecule has 0 spiro atoms. The van der Waals surface area contributed by atoms with Gasteiger partial charge in [-0.25, -0.2) is 0 Å². The lowest BCUT2D eigenvalue weighted by Crippen LogP contribution is -2.37. The summed E-state index contributed by atoms with van der Waals surface area (Å²) in [5.41, 5.74) is 2.63. The van der Waals surface area contributed by atoms with Crippen LogP contribution in [0.1, 0.15) is 30.4 Å². The number of nitrogens with one attached hydrogen (secondary N) is 2. The molecule has 1 aliphatic heterocycles. The monoisotopic (exact) mass is 490 g/mol. The van der Waals surface area contributed by atoms with Gasteiger partial charge in [0.05, 0.1) is 12.7 Å². The highest BCUT2D eigenvalue weighted by Gasteiger charge is 2.14. The van der Waals surface area contributed by atoms with Gasteiger partial charge in [0.2, 0.25) is 0 Å². The summed E-state index contributed by atoms with van der Waals surface area (Å²) in [4.78, 5) is 6.48. The van der Waals surface area contributed by atoms with Crippen molar-refractivity contribution in [1.82, 2.24) is 15.5 Å². The van der Waals surface area contributed by atoms with Crippen LogP contribution in [0.15, 0.2) is 29.3 Å². The Hall–Kier alpha value is -0.900. The molecule has 2 N–H and O–H groups in total. The van der Waals surface area contributed by atoms with E-state index in [1.54, 1.807) is 7.05 Å². The normalized spacial score (nSPS) is 17.0. The van der Waals surface area contributed by atoms with Crippen LogP contribution in [0.3, 0.4) is 0 Å². The summed E-state index contributed by atoms with van der Waals surface area (Å²) in [6.45, 7) is 4.89. The third-order valence-electron chi connectivity index (χ3n) is 4.36. The maximum absolute atomic E-state index is 5.69. The lowest BCUT2D eigenvalue weighted by molar-refractivity contribution is 0.0168. The van der Waals surface area contributed by atoms with E-state index < -0.39 is 0 Å². The van der Waals surface area contributed by atoms with E-state index in [4.69, 9.17) is 9.47 Å².